The van der Waals surface area contributed by atoms with Gasteiger partial charge in [0.25, 0.3) is 0 Å². The van der Waals surface area contributed by atoms with Crippen molar-refractivity contribution in [3.8, 4) is 0 Å². The van der Waals surface area contributed by atoms with Gasteiger partial charge >= 0.3 is 0 Å². The standard InChI is InChI=1S/C18H28N4O3S/c1-19-18(20-8-11-26(2,23)24)22-13-16-17(14-22)25-10-9-21(16)12-15-6-4-3-5-7-15/h3-7,16-17H,8-14H2,1-2H3,(H,19,20). The molecule has 2 saturated heterocycles. The van der Waals surface area contributed by atoms with Gasteiger partial charge < -0.3 is 15.0 Å². The number of hydrogen-bond donors (Lipinski definition) is 1. The molecule has 1 aromatic carbocycles. The Kier molecular flexibility index (Phi) is 6.16. The molecule has 0 saturated carbocycles. The Balaban J connectivity index is 1.60. The number of nitrogens with zero attached hydrogens (tertiary/aromatic N) is 3. The van der Waals surface area contributed by atoms with Crippen molar-refractivity contribution in [2.45, 2.75) is 18.7 Å². The van der Waals surface area contributed by atoms with Gasteiger partial charge in [-0.3, -0.25) is 9.89 Å². The number of ether oxygens (including phenoxy) is 1. The minimum atomic E-state index is -2.98. The Hall–Kier alpha value is -1.64. The summed E-state index contributed by atoms with van der Waals surface area (Å²) in [7, 11) is -1.26. The quantitative estimate of drug-likeness (QED) is 0.581. The second kappa shape index (κ2) is 8.37. The largest absolute Gasteiger partial charge is 0.373 e. The lowest BCUT2D eigenvalue weighted by atomic mass is 10.1. The highest BCUT2D eigenvalue weighted by Crippen LogP contribution is 2.24. The van der Waals surface area contributed by atoms with E-state index in [0.717, 1.165) is 38.7 Å². The maximum atomic E-state index is 11.3. The average Bonchev–Trinajstić information content (AvgIpc) is 3.04. The number of rotatable bonds is 5. The number of nitrogens with one attached hydrogen (secondary N) is 1. The molecule has 3 rings (SSSR count). The van der Waals surface area contributed by atoms with Crippen LogP contribution in [0.1, 0.15) is 5.56 Å². The highest BCUT2D eigenvalue weighted by molar-refractivity contribution is 7.90. The molecular weight excluding hydrogens is 352 g/mol. The van der Waals surface area contributed by atoms with E-state index in [2.05, 4.69) is 44.4 Å². The maximum absolute atomic E-state index is 11.3. The number of likely N-dealkylation sites (tertiary alicyclic amines) is 1. The first-order valence-corrected chi connectivity index (χ1v) is 11.1. The normalized spacial score (nSPS) is 24.5. The van der Waals surface area contributed by atoms with Gasteiger partial charge in [-0.25, -0.2) is 8.42 Å². The van der Waals surface area contributed by atoms with E-state index in [-0.39, 0.29) is 11.9 Å². The van der Waals surface area contributed by atoms with Gasteiger partial charge in [-0.1, -0.05) is 30.3 Å². The van der Waals surface area contributed by atoms with E-state index in [1.54, 1.807) is 7.05 Å². The van der Waals surface area contributed by atoms with Crippen LogP contribution in [0.3, 0.4) is 0 Å². The third kappa shape index (κ3) is 4.96. The van der Waals surface area contributed by atoms with Crippen LogP contribution in [-0.2, 0) is 21.1 Å². The molecule has 1 aromatic rings. The number of guanidine groups is 1. The summed E-state index contributed by atoms with van der Waals surface area (Å²) in [5.41, 5.74) is 1.31. The molecule has 0 spiro atoms. The van der Waals surface area contributed by atoms with Crippen LogP contribution in [-0.4, -0.2) is 88.2 Å². The predicted molar refractivity (Wildman–Crippen MR) is 103 cm³/mol. The molecule has 7 nitrogen and oxygen atoms in total. The lowest BCUT2D eigenvalue weighted by Crippen LogP contribution is -2.50. The Morgan fingerprint density at radius 2 is 2.08 bits per heavy atom. The summed E-state index contributed by atoms with van der Waals surface area (Å²) < 4.78 is 28.6. The lowest BCUT2D eigenvalue weighted by Gasteiger charge is -2.36. The van der Waals surface area contributed by atoms with Crippen molar-refractivity contribution in [1.29, 1.82) is 0 Å². The number of fused-ring (bicyclic) bond motifs is 1. The summed E-state index contributed by atoms with van der Waals surface area (Å²) in [4.78, 5) is 8.97. The Morgan fingerprint density at radius 3 is 2.77 bits per heavy atom. The number of morpholine rings is 1. The number of sulfone groups is 1. The molecule has 2 fully saturated rings. The molecule has 2 unspecified atom stereocenters. The fourth-order valence-corrected chi connectivity index (χ4v) is 4.10. The van der Waals surface area contributed by atoms with E-state index < -0.39 is 9.84 Å². The number of aliphatic imine (C=N–C) groups is 1. The van der Waals surface area contributed by atoms with Gasteiger partial charge in [-0.15, -0.1) is 0 Å². The van der Waals surface area contributed by atoms with Crippen molar-refractivity contribution < 1.29 is 13.2 Å². The van der Waals surface area contributed by atoms with Crippen molar-refractivity contribution in [2.24, 2.45) is 4.99 Å². The molecule has 2 heterocycles. The molecule has 0 amide bonds. The fraction of sp³-hybridized carbons (Fsp3) is 0.611. The third-order valence-electron chi connectivity index (χ3n) is 4.91. The fourth-order valence-electron chi connectivity index (χ4n) is 3.63. The summed E-state index contributed by atoms with van der Waals surface area (Å²) in [5, 5.41) is 3.16. The lowest BCUT2D eigenvalue weighted by molar-refractivity contribution is -0.0502. The summed E-state index contributed by atoms with van der Waals surface area (Å²) >= 11 is 0. The number of hydrogen-bond acceptors (Lipinski definition) is 5. The molecule has 8 heteroatoms. The first-order chi connectivity index (χ1) is 12.5. The molecule has 0 bridgehead atoms. The van der Waals surface area contributed by atoms with E-state index in [9.17, 15) is 8.42 Å². The van der Waals surface area contributed by atoms with Gasteiger partial charge in [0.15, 0.2) is 5.96 Å². The number of benzene rings is 1. The van der Waals surface area contributed by atoms with Crippen molar-refractivity contribution in [3.05, 3.63) is 35.9 Å². The molecule has 144 valence electrons. The second-order valence-electron chi connectivity index (χ2n) is 6.94. The molecular formula is C18H28N4O3S. The summed E-state index contributed by atoms with van der Waals surface area (Å²) in [6.07, 6.45) is 1.40. The van der Waals surface area contributed by atoms with Crippen molar-refractivity contribution in [2.75, 3.05) is 51.8 Å². The van der Waals surface area contributed by atoms with E-state index in [1.165, 1.54) is 11.8 Å². The highest BCUT2D eigenvalue weighted by atomic mass is 32.2. The second-order valence-corrected chi connectivity index (χ2v) is 9.20. The summed E-state index contributed by atoms with van der Waals surface area (Å²) in [6, 6.07) is 10.8. The van der Waals surface area contributed by atoms with E-state index in [1.807, 2.05) is 6.07 Å². The van der Waals surface area contributed by atoms with Crippen molar-refractivity contribution in [1.82, 2.24) is 15.1 Å². The molecule has 1 N–H and O–H groups in total. The first-order valence-electron chi connectivity index (χ1n) is 8.99. The molecule has 2 aliphatic rings. The Morgan fingerprint density at radius 1 is 1.31 bits per heavy atom. The summed E-state index contributed by atoms with van der Waals surface area (Å²) in [6.45, 7) is 4.54. The van der Waals surface area contributed by atoms with Crippen LogP contribution in [0.5, 0.6) is 0 Å². The van der Waals surface area contributed by atoms with Crippen molar-refractivity contribution >= 4 is 15.8 Å². The van der Waals surface area contributed by atoms with Crippen LogP contribution in [0.4, 0.5) is 0 Å². The maximum Gasteiger partial charge on any atom is 0.193 e. The third-order valence-corrected chi connectivity index (χ3v) is 5.86. The van der Waals surface area contributed by atoms with Crippen LogP contribution in [0.2, 0.25) is 0 Å². The molecule has 0 radical (unpaired) electrons. The van der Waals surface area contributed by atoms with E-state index in [0.29, 0.717) is 12.6 Å². The molecule has 26 heavy (non-hydrogen) atoms. The van der Waals surface area contributed by atoms with Gasteiger partial charge in [0.05, 0.1) is 24.5 Å². The van der Waals surface area contributed by atoms with Gasteiger partial charge in [0.2, 0.25) is 0 Å². The van der Waals surface area contributed by atoms with Crippen LogP contribution in [0, 0.1) is 0 Å². The minimum Gasteiger partial charge on any atom is -0.373 e. The van der Waals surface area contributed by atoms with Crippen LogP contribution >= 0.6 is 0 Å². The van der Waals surface area contributed by atoms with Gasteiger partial charge in [0.1, 0.15) is 9.84 Å². The van der Waals surface area contributed by atoms with Crippen LogP contribution in [0.15, 0.2) is 35.3 Å². The topological polar surface area (TPSA) is 74.2 Å². The zero-order valence-corrected chi connectivity index (χ0v) is 16.3. The predicted octanol–water partition coefficient (Wildman–Crippen LogP) is 0.192. The first kappa shape index (κ1) is 19.1. The molecule has 2 aliphatic heterocycles. The monoisotopic (exact) mass is 380 g/mol. The minimum absolute atomic E-state index is 0.101. The van der Waals surface area contributed by atoms with Gasteiger partial charge in [-0.05, 0) is 5.56 Å². The van der Waals surface area contributed by atoms with E-state index in [4.69, 9.17) is 4.74 Å². The zero-order valence-electron chi connectivity index (χ0n) is 15.5. The smallest absolute Gasteiger partial charge is 0.193 e. The van der Waals surface area contributed by atoms with Crippen molar-refractivity contribution in [3.63, 3.8) is 0 Å². The molecule has 0 aromatic heterocycles. The Labute approximate surface area is 156 Å². The zero-order chi connectivity index (χ0) is 18.6. The SMILES string of the molecule is CN=C(NCCS(C)(=O)=O)N1CC2OCCN(Cc3ccccc3)C2C1. The summed E-state index contributed by atoms with van der Waals surface area (Å²) in [5.74, 6) is 0.842. The van der Waals surface area contributed by atoms with Crippen LogP contribution < -0.4 is 5.32 Å². The van der Waals surface area contributed by atoms with E-state index >= 15 is 0 Å². The Bertz CT molecular complexity index is 723. The highest BCUT2D eigenvalue weighted by Gasteiger charge is 2.41. The van der Waals surface area contributed by atoms with Gasteiger partial charge in [0, 0.05) is 46.0 Å². The van der Waals surface area contributed by atoms with Gasteiger partial charge in [-0.2, -0.15) is 0 Å². The molecule has 2 atom stereocenters. The molecule has 0 aliphatic carbocycles. The van der Waals surface area contributed by atoms with Crippen LogP contribution in [0.25, 0.3) is 0 Å². The average molecular weight is 381 g/mol.